The Morgan fingerprint density at radius 3 is 2.64 bits per heavy atom. The molecule has 10 heteroatoms. The van der Waals surface area contributed by atoms with Gasteiger partial charge in [0.25, 0.3) is 0 Å². The summed E-state index contributed by atoms with van der Waals surface area (Å²) >= 11 is 1.48. The van der Waals surface area contributed by atoms with Gasteiger partial charge in [-0.05, 0) is 43.2 Å². The van der Waals surface area contributed by atoms with E-state index in [9.17, 15) is 18.3 Å². The summed E-state index contributed by atoms with van der Waals surface area (Å²) in [5, 5.41) is 14.9. The number of pyridine rings is 1. The Labute approximate surface area is 191 Å². The molecule has 4 aromatic rings. The second kappa shape index (κ2) is 8.68. The molecule has 33 heavy (non-hydrogen) atoms. The number of ether oxygens (including phenoxy) is 2. The highest BCUT2D eigenvalue weighted by Crippen LogP contribution is 2.35. The van der Waals surface area contributed by atoms with Crippen molar-refractivity contribution in [3.63, 3.8) is 0 Å². The number of thiazole rings is 1. The highest BCUT2D eigenvalue weighted by atomic mass is 32.1. The molecular formula is C23H20F3N3O3S. The van der Waals surface area contributed by atoms with Crippen LogP contribution >= 0.6 is 11.3 Å². The molecule has 5 rings (SSSR count). The molecule has 2 aromatic carbocycles. The predicted octanol–water partition coefficient (Wildman–Crippen LogP) is 6.25. The fourth-order valence-electron chi connectivity index (χ4n) is 3.98. The Morgan fingerprint density at radius 2 is 1.82 bits per heavy atom. The van der Waals surface area contributed by atoms with Crippen molar-refractivity contribution in [3.05, 3.63) is 48.7 Å². The monoisotopic (exact) mass is 475 g/mol. The van der Waals surface area contributed by atoms with E-state index in [1.165, 1.54) is 35.7 Å². The lowest BCUT2D eigenvalue weighted by molar-refractivity contribution is -0.274. The molecule has 0 saturated heterocycles. The van der Waals surface area contributed by atoms with Crippen molar-refractivity contribution < 1.29 is 27.8 Å². The normalized spacial score (nSPS) is 19.0. The summed E-state index contributed by atoms with van der Waals surface area (Å²) in [5.74, 6) is 0.693. The second-order valence-electron chi connectivity index (χ2n) is 7.89. The van der Waals surface area contributed by atoms with E-state index >= 15 is 0 Å². The molecule has 6 nitrogen and oxygen atoms in total. The van der Waals surface area contributed by atoms with Gasteiger partial charge in [0.1, 0.15) is 17.2 Å². The third kappa shape index (κ3) is 4.96. The molecule has 0 spiro atoms. The molecule has 2 N–H and O–H groups in total. The molecule has 0 unspecified atom stereocenters. The third-order valence-electron chi connectivity index (χ3n) is 5.53. The number of aliphatic hydroxyl groups is 1. The molecule has 2 aromatic heterocycles. The summed E-state index contributed by atoms with van der Waals surface area (Å²) in [6.45, 7) is 0. The molecule has 2 atom stereocenters. The molecule has 1 aliphatic carbocycles. The molecular weight excluding hydrogens is 455 g/mol. The minimum absolute atomic E-state index is 0.00410. The molecule has 2 heterocycles. The second-order valence-corrected chi connectivity index (χ2v) is 8.92. The third-order valence-corrected chi connectivity index (χ3v) is 6.48. The standard InChI is InChI=1S/C23H20F3N3O3S/c24-23(25,26)32-14-5-7-15-18(11-14)27-10-9-20(15)31-13-6-8-17-21(12-13)33-22(29-17)28-16-3-1-2-4-19(16)30/h5-12,16,19,30H,1-4H2,(H,28,29)/t16-,19-/m1/s1. The molecule has 0 bridgehead atoms. The van der Waals surface area contributed by atoms with Crippen molar-refractivity contribution in [2.45, 2.75) is 44.2 Å². The number of benzene rings is 2. The lowest BCUT2D eigenvalue weighted by Crippen LogP contribution is -2.36. The van der Waals surface area contributed by atoms with Gasteiger partial charge in [0.05, 0.1) is 27.9 Å². The predicted molar refractivity (Wildman–Crippen MR) is 120 cm³/mol. The first kappa shape index (κ1) is 21.7. The molecule has 0 aliphatic heterocycles. The average molecular weight is 475 g/mol. The van der Waals surface area contributed by atoms with E-state index in [0.717, 1.165) is 41.0 Å². The van der Waals surface area contributed by atoms with E-state index in [1.807, 2.05) is 12.1 Å². The SMILES string of the molecule is O[C@@H]1CCCC[C@H]1Nc1nc2ccc(Oc3ccnc4cc(OC(F)(F)F)ccc34)cc2s1. The maximum absolute atomic E-state index is 12.5. The van der Waals surface area contributed by atoms with Gasteiger partial charge in [0, 0.05) is 23.7 Å². The number of nitrogens with zero attached hydrogens (tertiary/aromatic N) is 2. The maximum atomic E-state index is 12.5. The minimum Gasteiger partial charge on any atom is -0.457 e. The van der Waals surface area contributed by atoms with E-state index in [2.05, 4.69) is 20.0 Å². The van der Waals surface area contributed by atoms with Gasteiger partial charge in [-0.1, -0.05) is 24.2 Å². The zero-order valence-corrected chi connectivity index (χ0v) is 18.1. The summed E-state index contributed by atoms with van der Waals surface area (Å²) in [7, 11) is 0. The van der Waals surface area contributed by atoms with Crippen LogP contribution in [0.4, 0.5) is 18.3 Å². The summed E-state index contributed by atoms with van der Waals surface area (Å²) in [6.07, 6.45) is 0.168. The zero-order chi connectivity index (χ0) is 23.0. The fourth-order valence-corrected chi connectivity index (χ4v) is 4.94. The van der Waals surface area contributed by atoms with Gasteiger partial charge < -0.3 is 19.9 Å². The Morgan fingerprint density at radius 1 is 1.00 bits per heavy atom. The van der Waals surface area contributed by atoms with E-state index < -0.39 is 6.36 Å². The topological polar surface area (TPSA) is 76.5 Å². The number of hydrogen-bond donors (Lipinski definition) is 2. The molecule has 172 valence electrons. The van der Waals surface area contributed by atoms with Crippen LogP contribution in [0.3, 0.4) is 0 Å². The van der Waals surface area contributed by atoms with Gasteiger partial charge in [-0.3, -0.25) is 4.98 Å². The highest BCUT2D eigenvalue weighted by molar-refractivity contribution is 7.22. The van der Waals surface area contributed by atoms with Gasteiger partial charge in [-0.15, -0.1) is 13.2 Å². The number of aromatic nitrogens is 2. The van der Waals surface area contributed by atoms with Gasteiger partial charge >= 0.3 is 6.36 Å². The minimum atomic E-state index is -4.77. The van der Waals surface area contributed by atoms with Crippen molar-refractivity contribution in [1.82, 2.24) is 9.97 Å². The zero-order valence-electron chi connectivity index (χ0n) is 17.3. The first-order chi connectivity index (χ1) is 15.8. The van der Waals surface area contributed by atoms with Crippen LogP contribution < -0.4 is 14.8 Å². The molecule has 1 fully saturated rings. The van der Waals surface area contributed by atoms with Crippen molar-refractivity contribution in [1.29, 1.82) is 0 Å². The van der Waals surface area contributed by atoms with Gasteiger partial charge in [0.2, 0.25) is 0 Å². The van der Waals surface area contributed by atoms with Crippen LogP contribution in [-0.2, 0) is 0 Å². The number of fused-ring (bicyclic) bond motifs is 2. The summed E-state index contributed by atoms with van der Waals surface area (Å²) < 4.78 is 48.4. The number of anilines is 1. The first-order valence-corrected chi connectivity index (χ1v) is 11.3. The van der Waals surface area contributed by atoms with Crippen LogP contribution in [0.1, 0.15) is 25.7 Å². The Bertz CT molecular complexity index is 1290. The number of hydrogen-bond acceptors (Lipinski definition) is 7. The molecule has 0 amide bonds. The Balaban J connectivity index is 1.37. The van der Waals surface area contributed by atoms with Crippen molar-refractivity contribution >= 4 is 37.6 Å². The highest BCUT2D eigenvalue weighted by Gasteiger charge is 2.31. The Hall–Kier alpha value is -3.11. The van der Waals surface area contributed by atoms with Crippen LogP contribution in [-0.4, -0.2) is 33.6 Å². The fraction of sp³-hybridized carbons (Fsp3) is 0.304. The molecule has 1 aliphatic rings. The number of halogens is 3. The largest absolute Gasteiger partial charge is 0.573 e. The number of aliphatic hydroxyl groups excluding tert-OH is 1. The lowest BCUT2D eigenvalue weighted by atomic mass is 9.93. The first-order valence-electron chi connectivity index (χ1n) is 10.5. The smallest absolute Gasteiger partial charge is 0.457 e. The van der Waals surface area contributed by atoms with Gasteiger partial charge in [0.15, 0.2) is 5.13 Å². The summed E-state index contributed by atoms with van der Waals surface area (Å²) in [5.41, 5.74) is 1.14. The maximum Gasteiger partial charge on any atom is 0.573 e. The van der Waals surface area contributed by atoms with Gasteiger partial charge in [-0.2, -0.15) is 0 Å². The Kier molecular flexibility index (Phi) is 5.71. The van der Waals surface area contributed by atoms with E-state index in [-0.39, 0.29) is 17.9 Å². The summed E-state index contributed by atoms with van der Waals surface area (Å²) in [6, 6.07) is 11.1. The van der Waals surface area contributed by atoms with E-state index in [1.54, 1.807) is 12.1 Å². The number of nitrogens with one attached hydrogen (secondary N) is 1. The van der Waals surface area contributed by atoms with E-state index in [0.29, 0.717) is 22.4 Å². The summed E-state index contributed by atoms with van der Waals surface area (Å²) in [4.78, 5) is 8.73. The van der Waals surface area contributed by atoms with Gasteiger partial charge in [-0.25, -0.2) is 4.98 Å². The van der Waals surface area contributed by atoms with Crippen molar-refractivity contribution in [3.8, 4) is 17.2 Å². The van der Waals surface area contributed by atoms with Crippen LogP contribution in [0, 0.1) is 0 Å². The number of rotatable bonds is 5. The lowest BCUT2D eigenvalue weighted by Gasteiger charge is -2.27. The molecule has 1 saturated carbocycles. The van der Waals surface area contributed by atoms with E-state index in [4.69, 9.17) is 4.74 Å². The van der Waals surface area contributed by atoms with Crippen molar-refractivity contribution in [2.75, 3.05) is 5.32 Å². The van der Waals surface area contributed by atoms with Crippen LogP contribution in [0.25, 0.3) is 21.1 Å². The molecule has 0 radical (unpaired) electrons. The average Bonchev–Trinajstić information content (AvgIpc) is 3.16. The number of alkyl halides is 3. The van der Waals surface area contributed by atoms with Crippen LogP contribution in [0.5, 0.6) is 17.2 Å². The van der Waals surface area contributed by atoms with Crippen LogP contribution in [0.2, 0.25) is 0 Å². The quantitative estimate of drug-likeness (QED) is 0.355. The van der Waals surface area contributed by atoms with Crippen molar-refractivity contribution in [2.24, 2.45) is 0 Å². The van der Waals surface area contributed by atoms with Crippen LogP contribution in [0.15, 0.2) is 48.7 Å².